The van der Waals surface area contributed by atoms with Crippen molar-refractivity contribution in [1.29, 1.82) is 0 Å². The van der Waals surface area contributed by atoms with Gasteiger partial charge in [-0.25, -0.2) is 4.98 Å². The number of benzene rings is 1. The molecule has 1 aromatic carbocycles. The number of nitrogens with zero attached hydrogens (tertiary/aromatic N) is 2. The zero-order valence-electron chi connectivity index (χ0n) is 30.3. The molecule has 0 aliphatic rings. The van der Waals surface area contributed by atoms with Gasteiger partial charge in [0.05, 0.1) is 58.4 Å². The summed E-state index contributed by atoms with van der Waals surface area (Å²) in [4.78, 5) is 28.9. The minimum Gasteiger partial charge on any atom is -0.386 e. The van der Waals surface area contributed by atoms with Crippen LogP contribution in [0.15, 0.2) is 66.0 Å². The monoisotopic (exact) mass is 680 g/mol. The Kier molecular flexibility index (Phi) is 23.2. The average molecular weight is 681 g/mol. The number of aromatic nitrogens is 1. The number of allylic oxidation sites excluding steroid dienone is 3. The quantitative estimate of drug-likeness (QED) is 0.0557. The van der Waals surface area contributed by atoms with E-state index in [-0.39, 0.29) is 5.91 Å². The predicted molar refractivity (Wildman–Crippen MR) is 199 cm³/mol. The van der Waals surface area contributed by atoms with Crippen molar-refractivity contribution in [2.45, 2.75) is 72.1 Å². The van der Waals surface area contributed by atoms with E-state index in [2.05, 4.69) is 67.8 Å². The topological polar surface area (TPSA) is 111 Å². The lowest BCUT2D eigenvalue weighted by atomic mass is 10.0. The number of likely N-dealkylation sites (N-methyl/N-ethyl adjacent to an activating group) is 1. The number of aryl methyl sites for hydroxylation is 1. The van der Waals surface area contributed by atoms with E-state index in [0.29, 0.717) is 78.7 Å². The number of pyridine rings is 1. The van der Waals surface area contributed by atoms with Crippen LogP contribution in [0, 0.1) is 0 Å². The van der Waals surface area contributed by atoms with E-state index >= 15 is 0 Å². The number of amides is 1. The number of carbonyl (C=O) groups is 2. The van der Waals surface area contributed by atoms with E-state index < -0.39 is 0 Å². The molecule has 0 fully saturated rings. The summed E-state index contributed by atoms with van der Waals surface area (Å²) in [5, 5.41) is 8.19. The van der Waals surface area contributed by atoms with Gasteiger partial charge in [0.15, 0.2) is 0 Å². The molecule has 1 heterocycles. The average Bonchev–Trinajstić information content (AvgIpc) is 3.11. The number of unbranched alkanes of at least 4 members (excludes halogenated alkanes) is 2. The highest BCUT2D eigenvalue weighted by atomic mass is 16.6. The Morgan fingerprint density at radius 2 is 1.49 bits per heavy atom. The molecule has 10 heteroatoms. The molecule has 2 rings (SSSR count). The Balaban J connectivity index is 1.54. The second-order valence-electron chi connectivity index (χ2n) is 11.7. The number of hydrogen-bond donors (Lipinski definition) is 2. The van der Waals surface area contributed by atoms with Crippen molar-refractivity contribution in [3.63, 3.8) is 0 Å². The first-order chi connectivity index (χ1) is 24.0. The SMILES string of the molecule is CCC=C(CCN(C)C(=O)/C=C\C=O)NCCOCCOCCOCCOCCC(=CCC)Nc1nc2ccccc2cc1CCCCC. The molecule has 2 N–H and O–H groups in total. The van der Waals surface area contributed by atoms with Gasteiger partial charge in [-0.1, -0.05) is 64.0 Å². The van der Waals surface area contributed by atoms with Crippen molar-refractivity contribution in [2.24, 2.45) is 0 Å². The summed E-state index contributed by atoms with van der Waals surface area (Å²) in [6, 6.07) is 10.6. The molecule has 0 saturated carbocycles. The van der Waals surface area contributed by atoms with Crippen LogP contribution < -0.4 is 10.6 Å². The van der Waals surface area contributed by atoms with Crippen LogP contribution in [0.3, 0.4) is 0 Å². The summed E-state index contributed by atoms with van der Waals surface area (Å²) in [6.45, 7) is 11.9. The van der Waals surface area contributed by atoms with Crippen molar-refractivity contribution in [3.05, 3.63) is 71.6 Å². The van der Waals surface area contributed by atoms with Gasteiger partial charge in [0.25, 0.3) is 0 Å². The maximum atomic E-state index is 11.9. The molecule has 0 radical (unpaired) electrons. The number of ether oxygens (including phenoxy) is 4. The van der Waals surface area contributed by atoms with Crippen molar-refractivity contribution in [3.8, 4) is 0 Å². The van der Waals surface area contributed by atoms with Crippen LogP contribution in [0.2, 0.25) is 0 Å². The first kappa shape index (κ1) is 41.6. The van der Waals surface area contributed by atoms with Crippen LogP contribution in [-0.4, -0.2) is 95.1 Å². The first-order valence-electron chi connectivity index (χ1n) is 18.0. The number of hydrogen-bond acceptors (Lipinski definition) is 9. The number of anilines is 1. The Bertz CT molecular complexity index is 1300. The molecule has 1 aromatic heterocycles. The molecule has 272 valence electrons. The Morgan fingerprint density at radius 1 is 0.837 bits per heavy atom. The van der Waals surface area contributed by atoms with Gasteiger partial charge < -0.3 is 34.5 Å². The minimum atomic E-state index is -0.190. The fourth-order valence-electron chi connectivity index (χ4n) is 5.02. The number of aldehydes is 1. The fraction of sp³-hybridized carbons (Fsp3) is 0.564. The molecule has 0 aliphatic heterocycles. The van der Waals surface area contributed by atoms with Crippen LogP contribution in [0.4, 0.5) is 5.82 Å². The molecule has 0 unspecified atom stereocenters. The lowest BCUT2D eigenvalue weighted by molar-refractivity contribution is -0.124. The largest absolute Gasteiger partial charge is 0.386 e. The Morgan fingerprint density at radius 3 is 2.16 bits per heavy atom. The highest BCUT2D eigenvalue weighted by Crippen LogP contribution is 2.24. The van der Waals surface area contributed by atoms with Gasteiger partial charge in [-0.05, 0) is 49.5 Å². The molecule has 49 heavy (non-hydrogen) atoms. The fourth-order valence-corrected chi connectivity index (χ4v) is 5.02. The lowest BCUT2D eigenvalue weighted by Crippen LogP contribution is -2.28. The first-order valence-corrected chi connectivity index (χ1v) is 18.0. The van der Waals surface area contributed by atoms with Gasteiger partial charge in [0.1, 0.15) is 12.1 Å². The van der Waals surface area contributed by atoms with E-state index in [9.17, 15) is 9.59 Å². The Labute approximate surface area is 294 Å². The second kappa shape index (κ2) is 27.3. The highest BCUT2D eigenvalue weighted by Gasteiger charge is 2.10. The van der Waals surface area contributed by atoms with E-state index in [4.69, 9.17) is 23.9 Å². The van der Waals surface area contributed by atoms with E-state index in [1.165, 1.54) is 35.9 Å². The summed E-state index contributed by atoms with van der Waals surface area (Å²) in [5.74, 6) is 0.764. The molecule has 0 bridgehead atoms. The number of carbonyl (C=O) groups excluding carboxylic acids is 2. The normalized spacial score (nSPS) is 12.2. The number of fused-ring (bicyclic) bond motifs is 1. The van der Waals surface area contributed by atoms with Gasteiger partial charge in [0.2, 0.25) is 5.91 Å². The third-order valence-corrected chi connectivity index (χ3v) is 7.67. The summed E-state index contributed by atoms with van der Waals surface area (Å²) < 4.78 is 22.8. The third-order valence-electron chi connectivity index (χ3n) is 7.67. The van der Waals surface area contributed by atoms with Crippen molar-refractivity contribution >= 4 is 28.9 Å². The molecular formula is C39H60N4O6. The summed E-state index contributed by atoms with van der Waals surface area (Å²) in [6.07, 6.45) is 15.3. The highest BCUT2D eigenvalue weighted by molar-refractivity contribution is 5.90. The maximum absolute atomic E-state index is 11.9. The standard InChI is InChI=1S/C39H60N4O6/c1-5-8-9-16-34-32-33-15-10-11-17-37(33)42-39(34)41-36(14-7-3)20-24-46-26-28-48-30-31-49-29-27-47-25-21-40-35(13-6-2)19-22-43(4)38(45)18-12-23-44/h10-15,17-18,23,32,40H,5-9,16,19-22,24-31H2,1-4H3,(H,41,42)/b18-12-,35-13?,36-14?. The van der Waals surface area contributed by atoms with Crippen molar-refractivity contribution in [2.75, 3.05) is 78.3 Å². The van der Waals surface area contributed by atoms with E-state index in [1.807, 2.05) is 6.07 Å². The number of para-hydroxylation sites is 1. The minimum absolute atomic E-state index is 0.190. The molecule has 0 atom stereocenters. The maximum Gasteiger partial charge on any atom is 0.246 e. The van der Waals surface area contributed by atoms with Crippen LogP contribution >= 0.6 is 0 Å². The third kappa shape index (κ3) is 18.7. The molecule has 1 amide bonds. The zero-order valence-corrected chi connectivity index (χ0v) is 30.3. The smallest absolute Gasteiger partial charge is 0.246 e. The molecule has 0 spiro atoms. The lowest BCUT2D eigenvalue weighted by Gasteiger charge is -2.17. The zero-order chi connectivity index (χ0) is 35.4. The molecule has 0 saturated heterocycles. The van der Waals surface area contributed by atoms with Crippen LogP contribution in [-0.2, 0) is 35.0 Å². The molecule has 2 aromatic rings. The van der Waals surface area contributed by atoms with Crippen LogP contribution in [0.5, 0.6) is 0 Å². The second-order valence-corrected chi connectivity index (χ2v) is 11.7. The molecular weight excluding hydrogens is 620 g/mol. The van der Waals surface area contributed by atoms with Crippen molar-refractivity contribution < 1.29 is 28.5 Å². The van der Waals surface area contributed by atoms with Crippen molar-refractivity contribution in [1.82, 2.24) is 15.2 Å². The number of rotatable bonds is 29. The summed E-state index contributed by atoms with van der Waals surface area (Å²) >= 11 is 0. The van der Waals surface area contributed by atoms with E-state index in [0.717, 1.165) is 54.8 Å². The van der Waals surface area contributed by atoms with Gasteiger partial charge in [-0.15, -0.1) is 0 Å². The summed E-state index contributed by atoms with van der Waals surface area (Å²) in [5.41, 5.74) is 4.48. The molecule has 10 nitrogen and oxygen atoms in total. The molecule has 0 aliphatic carbocycles. The predicted octanol–water partition coefficient (Wildman–Crippen LogP) is 6.62. The number of nitrogens with one attached hydrogen (secondary N) is 2. The van der Waals surface area contributed by atoms with Gasteiger partial charge in [-0.3, -0.25) is 9.59 Å². The Hall–Kier alpha value is -3.57. The summed E-state index contributed by atoms with van der Waals surface area (Å²) in [7, 11) is 1.72. The van der Waals surface area contributed by atoms with Gasteiger partial charge in [-0.2, -0.15) is 0 Å². The van der Waals surface area contributed by atoms with Gasteiger partial charge >= 0.3 is 0 Å². The van der Waals surface area contributed by atoms with Gasteiger partial charge in [0, 0.05) is 55.8 Å². The van der Waals surface area contributed by atoms with Crippen LogP contribution in [0.1, 0.15) is 71.3 Å². The van der Waals surface area contributed by atoms with E-state index in [1.54, 1.807) is 11.9 Å². The van der Waals surface area contributed by atoms with Crippen LogP contribution in [0.25, 0.3) is 10.9 Å².